The van der Waals surface area contributed by atoms with Crippen molar-refractivity contribution in [2.45, 2.75) is 33.4 Å². The van der Waals surface area contributed by atoms with Gasteiger partial charge in [-0.15, -0.1) is 0 Å². The molecule has 0 fully saturated rings. The Morgan fingerprint density at radius 3 is 2.56 bits per heavy atom. The Balaban J connectivity index is 1.59. The SMILES string of the molecule is CCCN(Cc1ccc(C)cc1)C(=S)NCc1ccc2c(c1)OCO2. The van der Waals surface area contributed by atoms with Gasteiger partial charge in [0.2, 0.25) is 6.79 Å². The van der Waals surface area contributed by atoms with Crippen molar-refractivity contribution in [3.05, 3.63) is 59.2 Å². The highest BCUT2D eigenvalue weighted by molar-refractivity contribution is 7.80. The summed E-state index contributed by atoms with van der Waals surface area (Å²) in [6.07, 6.45) is 1.05. The molecule has 1 aliphatic rings. The molecule has 2 aromatic rings. The van der Waals surface area contributed by atoms with Gasteiger partial charge < -0.3 is 19.7 Å². The molecule has 4 nitrogen and oxygen atoms in total. The van der Waals surface area contributed by atoms with E-state index in [-0.39, 0.29) is 0 Å². The van der Waals surface area contributed by atoms with Crippen LogP contribution >= 0.6 is 12.2 Å². The third kappa shape index (κ3) is 4.63. The van der Waals surface area contributed by atoms with E-state index in [2.05, 4.69) is 48.3 Å². The highest BCUT2D eigenvalue weighted by Gasteiger charge is 2.14. The number of hydrogen-bond donors (Lipinski definition) is 1. The lowest BCUT2D eigenvalue weighted by molar-refractivity contribution is 0.174. The summed E-state index contributed by atoms with van der Waals surface area (Å²) in [7, 11) is 0. The number of fused-ring (bicyclic) bond motifs is 1. The number of aryl methyl sites for hydroxylation is 1. The Morgan fingerprint density at radius 2 is 1.80 bits per heavy atom. The van der Waals surface area contributed by atoms with E-state index in [0.29, 0.717) is 13.3 Å². The molecule has 0 unspecified atom stereocenters. The first-order valence-corrected chi connectivity index (χ1v) is 9.03. The fraction of sp³-hybridized carbons (Fsp3) is 0.350. The Morgan fingerprint density at radius 1 is 1.08 bits per heavy atom. The molecule has 0 atom stereocenters. The van der Waals surface area contributed by atoms with Crippen LogP contribution in [0.3, 0.4) is 0 Å². The molecule has 2 aromatic carbocycles. The summed E-state index contributed by atoms with van der Waals surface area (Å²) in [6.45, 7) is 6.99. The van der Waals surface area contributed by atoms with Crippen molar-refractivity contribution in [3.63, 3.8) is 0 Å². The van der Waals surface area contributed by atoms with E-state index >= 15 is 0 Å². The van der Waals surface area contributed by atoms with Crippen molar-refractivity contribution < 1.29 is 9.47 Å². The van der Waals surface area contributed by atoms with Crippen LogP contribution in [0.2, 0.25) is 0 Å². The summed E-state index contributed by atoms with van der Waals surface area (Å²) in [5.41, 5.74) is 3.67. The Labute approximate surface area is 154 Å². The number of benzene rings is 2. The fourth-order valence-electron chi connectivity index (χ4n) is 2.78. The lowest BCUT2D eigenvalue weighted by Crippen LogP contribution is -2.39. The molecule has 1 heterocycles. The molecular formula is C20H24N2O2S. The normalized spacial score (nSPS) is 12.1. The van der Waals surface area contributed by atoms with Gasteiger partial charge in [0.15, 0.2) is 16.6 Å². The monoisotopic (exact) mass is 356 g/mol. The molecule has 0 amide bonds. The third-order valence-electron chi connectivity index (χ3n) is 4.16. The van der Waals surface area contributed by atoms with Gasteiger partial charge in [0.05, 0.1) is 0 Å². The van der Waals surface area contributed by atoms with Crippen LogP contribution in [0.4, 0.5) is 0 Å². The van der Waals surface area contributed by atoms with Gasteiger partial charge in [-0.3, -0.25) is 0 Å². The Bertz CT molecular complexity index is 731. The highest BCUT2D eigenvalue weighted by atomic mass is 32.1. The zero-order valence-electron chi connectivity index (χ0n) is 14.7. The summed E-state index contributed by atoms with van der Waals surface area (Å²) < 4.78 is 10.8. The van der Waals surface area contributed by atoms with Crippen LogP contribution in [-0.4, -0.2) is 23.4 Å². The number of thiocarbonyl (C=S) groups is 1. The second-order valence-corrected chi connectivity index (χ2v) is 6.64. The Hall–Kier alpha value is -2.27. The Kier molecular flexibility index (Phi) is 5.76. The molecule has 132 valence electrons. The summed E-state index contributed by atoms with van der Waals surface area (Å²) in [5.74, 6) is 1.61. The number of rotatable bonds is 6. The predicted molar refractivity (Wildman–Crippen MR) is 104 cm³/mol. The van der Waals surface area contributed by atoms with Crippen LogP contribution in [0.1, 0.15) is 30.0 Å². The molecule has 5 heteroatoms. The molecule has 0 saturated heterocycles. The second kappa shape index (κ2) is 8.21. The zero-order chi connectivity index (χ0) is 17.6. The minimum absolute atomic E-state index is 0.297. The molecule has 0 aliphatic carbocycles. The number of nitrogens with one attached hydrogen (secondary N) is 1. The maximum atomic E-state index is 5.62. The van der Waals surface area contributed by atoms with Gasteiger partial charge in [-0.25, -0.2) is 0 Å². The average Bonchev–Trinajstić information content (AvgIpc) is 3.09. The molecular weight excluding hydrogens is 332 g/mol. The van der Waals surface area contributed by atoms with Gasteiger partial charge in [0, 0.05) is 19.6 Å². The van der Waals surface area contributed by atoms with Gasteiger partial charge in [-0.2, -0.15) is 0 Å². The van der Waals surface area contributed by atoms with Crippen molar-refractivity contribution in [1.82, 2.24) is 10.2 Å². The number of ether oxygens (including phenoxy) is 2. The van der Waals surface area contributed by atoms with Gasteiger partial charge in [0.25, 0.3) is 0 Å². The molecule has 1 N–H and O–H groups in total. The van der Waals surface area contributed by atoms with E-state index in [4.69, 9.17) is 21.7 Å². The first kappa shape index (κ1) is 17.5. The molecule has 0 radical (unpaired) electrons. The van der Waals surface area contributed by atoms with E-state index in [1.165, 1.54) is 11.1 Å². The van der Waals surface area contributed by atoms with Gasteiger partial charge >= 0.3 is 0 Å². The largest absolute Gasteiger partial charge is 0.454 e. The topological polar surface area (TPSA) is 33.7 Å². The van der Waals surface area contributed by atoms with Crippen molar-refractivity contribution in [3.8, 4) is 11.5 Å². The third-order valence-corrected chi connectivity index (χ3v) is 4.56. The number of nitrogens with zero attached hydrogens (tertiary/aromatic N) is 1. The van der Waals surface area contributed by atoms with Gasteiger partial charge in [-0.05, 0) is 48.8 Å². The van der Waals surface area contributed by atoms with Crippen LogP contribution in [0, 0.1) is 6.92 Å². The van der Waals surface area contributed by atoms with Crippen molar-refractivity contribution in [1.29, 1.82) is 0 Å². The van der Waals surface area contributed by atoms with Crippen LogP contribution in [0.25, 0.3) is 0 Å². The molecule has 0 spiro atoms. The fourth-order valence-corrected chi connectivity index (χ4v) is 3.00. The lowest BCUT2D eigenvalue weighted by Gasteiger charge is -2.25. The second-order valence-electron chi connectivity index (χ2n) is 6.25. The molecule has 0 bridgehead atoms. The van der Waals surface area contributed by atoms with Crippen LogP contribution < -0.4 is 14.8 Å². The van der Waals surface area contributed by atoms with Crippen LogP contribution in [0.15, 0.2) is 42.5 Å². The zero-order valence-corrected chi connectivity index (χ0v) is 15.6. The average molecular weight is 356 g/mol. The van der Waals surface area contributed by atoms with Crippen molar-refractivity contribution in [2.75, 3.05) is 13.3 Å². The van der Waals surface area contributed by atoms with E-state index in [9.17, 15) is 0 Å². The summed E-state index contributed by atoms with van der Waals surface area (Å²) >= 11 is 5.62. The number of hydrogen-bond acceptors (Lipinski definition) is 3. The van der Waals surface area contributed by atoms with E-state index in [1.807, 2.05) is 18.2 Å². The van der Waals surface area contributed by atoms with Crippen LogP contribution in [0.5, 0.6) is 11.5 Å². The smallest absolute Gasteiger partial charge is 0.231 e. The first-order valence-electron chi connectivity index (χ1n) is 8.62. The molecule has 3 rings (SSSR count). The van der Waals surface area contributed by atoms with Crippen LogP contribution in [-0.2, 0) is 13.1 Å². The minimum atomic E-state index is 0.297. The quantitative estimate of drug-likeness (QED) is 0.791. The maximum Gasteiger partial charge on any atom is 0.231 e. The summed E-state index contributed by atoms with van der Waals surface area (Å²) in [4.78, 5) is 2.22. The molecule has 1 aliphatic heterocycles. The predicted octanol–water partition coefficient (Wildman–Crippen LogP) is 4.01. The van der Waals surface area contributed by atoms with Gasteiger partial charge in [0.1, 0.15) is 0 Å². The molecule has 0 aromatic heterocycles. The first-order chi connectivity index (χ1) is 12.2. The van der Waals surface area contributed by atoms with E-state index in [1.54, 1.807) is 0 Å². The summed E-state index contributed by atoms with van der Waals surface area (Å²) in [5, 5.41) is 4.15. The maximum absolute atomic E-state index is 5.62. The summed E-state index contributed by atoms with van der Waals surface area (Å²) in [6, 6.07) is 14.6. The standard InChI is InChI=1S/C20H24N2O2S/c1-3-10-22(13-16-6-4-15(2)5-7-16)20(25)21-12-17-8-9-18-19(11-17)24-14-23-18/h4-9,11H,3,10,12-14H2,1-2H3,(H,21,25). The van der Waals surface area contributed by atoms with E-state index < -0.39 is 0 Å². The lowest BCUT2D eigenvalue weighted by atomic mass is 10.1. The van der Waals surface area contributed by atoms with E-state index in [0.717, 1.165) is 41.7 Å². The molecule has 0 saturated carbocycles. The van der Waals surface area contributed by atoms with Crippen molar-refractivity contribution in [2.24, 2.45) is 0 Å². The highest BCUT2D eigenvalue weighted by Crippen LogP contribution is 2.32. The van der Waals surface area contributed by atoms with Crippen molar-refractivity contribution >= 4 is 17.3 Å². The van der Waals surface area contributed by atoms with Gasteiger partial charge in [-0.1, -0.05) is 42.8 Å². The minimum Gasteiger partial charge on any atom is -0.454 e. The molecule has 25 heavy (non-hydrogen) atoms.